The Balaban J connectivity index is 1.92. The summed E-state index contributed by atoms with van der Waals surface area (Å²) in [6.07, 6.45) is 2.22. The van der Waals surface area contributed by atoms with Gasteiger partial charge in [0.25, 0.3) is 6.01 Å². The molecule has 9 heteroatoms. The van der Waals surface area contributed by atoms with Crippen molar-refractivity contribution in [1.29, 1.82) is 0 Å². The van der Waals surface area contributed by atoms with Crippen molar-refractivity contribution < 1.29 is 14.2 Å². The van der Waals surface area contributed by atoms with Crippen LogP contribution in [0.15, 0.2) is 0 Å². The lowest BCUT2D eigenvalue weighted by molar-refractivity contribution is 0.141. The molecule has 2 aromatic rings. The summed E-state index contributed by atoms with van der Waals surface area (Å²) in [5.41, 5.74) is 7.21. The van der Waals surface area contributed by atoms with Crippen LogP contribution < -0.4 is 20.5 Å². The van der Waals surface area contributed by atoms with Crippen LogP contribution in [0, 0.1) is 5.92 Å². The van der Waals surface area contributed by atoms with E-state index in [-0.39, 0.29) is 11.8 Å². The fourth-order valence-electron chi connectivity index (χ4n) is 2.90. The third-order valence-corrected chi connectivity index (χ3v) is 4.17. The Kier molecular flexibility index (Phi) is 5.31. The molecule has 3 rings (SSSR count). The highest BCUT2D eigenvalue weighted by atomic mass is 16.5. The number of nitrogens with one attached hydrogen (secondary N) is 1. The summed E-state index contributed by atoms with van der Waals surface area (Å²) in [5, 5.41) is 3.37. The minimum atomic E-state index is 0.228. The van der Waals surface area contributed by atoms with E-state index in [1.165, 1.54) is 0 Å². The number of nitrogen functional groups attached to an aromatic ring is 1. The van der Waals surface area contributed by atoms with E-state index >= 15 is 0 Å². The number of nitrogens with two attached hydrogens (primary N) is 1. The molecule has 3 heterocycles. The van der Waals surface area contributed by atoms with Crippen LogP contribution in [0.2, 0.25) is 0 Å². The second-order valence-electron chi connectivity index (χ2n) is 5.81. The number of fused-ring (bicyclic) bond motifs is 1. The van der Waals surface area contributed by atoms with E-state index in [2.05, 4.69) is 20.3 Å². The van der Waals surface area contributed by atoms with E-state index in [1.807, 2.05) is 4.57 Å². The quantitative estimate of drug-likeness (QED) is 0.701. The van der Waals surface area contributed by atoms with Crippen molar-refractivity contribution in [2.75, 3.05) is 46.3 Å². The van der Waals surface area contributed by atoms with Gasteiger partial charge < -0.3 is 25.3 Å². The van der Waals surface area contributed by atoms with Crippen LogP contribution in [0.1, 0.15) is 12.8 Å². The van der Waals surface area contributed by atoms with E-state index < -0.39 is 0 Å². The number of hydrogen-bond donors (Lipinski definition) is 2. The monoisotopic (exact) mass is 336 g/mol. The maximum absolute atomic E-state index is 6.03. The topological polar surface area (TPSA) is 109 Å². The van der Waals surface area contributed by atoms with Crippen molar-refractivity contribution in [2.24, 2.45) is 5.92 Å². The van der Waals surface area contributed by atoms with Crippen molar-refractivity contribution in [3.63, 3.8) is 0 Å². The normalized spacial score (nSPS) is 15.8. The van der Waals surface area contributed by atoms with Crippen LogP contribution in [-0.4, -0.2) is 60.0 Å². The number of piperidine rings is 1. The Hall–Kier alpha value is -2.13. The molecule has 132 valence electrons. The Morgan fingerprint density at radius 3 is 2.67 bits per heavy atom. The number of anilines is 1. The molecule has 0 saturated carbocycles. The van der Waals surface area contributed by atoms with Gasteiger partial charge in [0, 0.05) is 13.7 Å². The summed E-state index contributed by atoms with van der Waals surface area (Å²) < 4.78 is 17.9. The molecule has 0 unspecified atom stereocenters. The summed E-state index contributed by atoms with van der Waals surface area (Å²) in [7, 11) is 3.21. The molecule has 0 atom stereocenters. The molecule has 2 aromatic heterocycles. The van der Waals surface area contributed by atoms with Gasteiger partial charge in [-0.25, -0.2) is 0 Å². The maximum Gasteiger partial charge on any atom is 0.320 e. The Morgan fingerprint density at radius 2 is 1.96 bits per heavy atom. The molecule has 24 heavy (non-hydrogen) atoms. The average Bonchev–Trinajstić information content (AvgIpc) is 2.94. The second-order valence-corrected chi connectivity index (χ2v) is 5.81. The Bertz CT molecular complexity index is 683. The lowest BCUT2D eigenvalue weighted by atomic mass is 9.98. The van der Waals surface area contributed by atoms with Gasteiger partial charge in [-0.3, -0.25) is 4.57 Å². The molecule has 1 fully saturated rings. The molecular weight excluding hydrogens is 312 g/mol. The number of nitrogens with zero attached hydrogens (tertiary/aromatic N) is 4. The van der Waals surface area contributed by atoms with Crippen LogP contribution in [0.25, 0.3) is 11.2 Å². The zero-order valence-electron chi connectivity index (χ0n) is 14.1. The highest BCUT2D eigenvalue weighted by molar-refractivity contribution is 5.83. The maximum atomic E-state index is 6.03. The molecule has 0 bridgehead atoms. The van der Waals surface area contributed by atoms with Crippen LogP contribution in [-0.2, 0) is 11.3 Å². The predicted molar refractivity (Wildman–Crippen MR) is 89.3 cm³/mol. The molecule has 9 nitrogen and oxygen atoms in total. The third-order valence-electron chi connectivity index (χ3n) is 4.17. The molecule has 1 saturated heterocycles. The molecule has 0 amide bonds. The Labute approximate surface area is 140 Å². The summed E-state index contributed by atoms with van der Waals surface area (Å²) in [6, 6.07) is 0.727. The first-order valence-corrected chi connectivity index (χ1v) is 8.13. The van der Waals surface area contributed by atoms with Gasteiger partial charge in [-0.2, -0.15) is 15.0 Å². The highest BCUT2D eigenvalue weighted by Gasteiger charge is 2.21. The average molecular weight is 336 g/mol. The van der Waals surface area contributed by atoms with Crippen molar-refractivity contribution in [3.8, 4) is 12.0 Å². The molecule has 0 aliphatic carbocycles. The van der Waals surface area contributed by atoms with Crippen molar-refractivity contribution in [1.82, 2.24) is 24.8 Å². The number of methoxy groups -OCH3 is 2. The van der Waals surface area contributed by atoms with E-state index in [1.54, 1.807) is 14.2 Å². The number of rotatable bonds is 7. The van der Waals surface area contributed by atoms with Crippen molar-refractivity contribution >= 4 is 17.0 Å². The SMILES string of the molecule is COCCOc1nc(N)c2nc(OC)n(CC3CCNCC3)c2n1. The first kappa shape index (κ1) is 16.7. The van der Waals surface area contributed by atoms with E-state index in [0.717, 1.165) is 32.5 Å². The van der Waals surface area contributed by atoms with Gasteiger partial charge in [0.15, 0.2) is 17.0 Å². The lowest BCUT2D eigenvalue weighted by Gasteiger charge is -2.23. The van der Waals surface area contributed by atoms with Gasteiger partial charge in [0.05, 0.1) is 13.7 Å². The van der Waals surface area contributed by atoms with Gasteiger partial charge in [0.2, 0.25) is 0 Å². The molecular formula is C15H24N6O3. The first-order valence-electron chi connectivity index (χ1n) is 8.13. The van der Waals surface area contributed by atoms with E-state index in [4.69, 9.17) is 19.9 Å². The fraction of sp³-hybridized carbons (Fsp3) is 0.667. The minimum Gasteiger partial charge on any atom is -0.468 e. The van der Waals surface area contributed by atoms with Crippen LogP contribution >= 0.6 is 0 Å². The van der Waals surface area contributed by atoms with Gasteiger partial charge >= 0.3 is 6.01 Å². The summed E-state index contributed by atoms with van der Waals surface area (Å²) >= 11 is 0. The number of hydrogen-bond acceptors (Lipinski definition) is 8. The van der Waals surface area contributed by atoms with Gasteiger partial charge in [-0.1, -0.05) is 0 Å². The van der Waals surface area contributed by atoms with Crippen molar-refractivity contribution in [2.45, 2.75) is 19.4 Å². The van der Waals surface area contributed by atoms with Gasteiger partial charge in [0.1, 0.15) is 6.61 Å². The fourth-order valence-corrected chi connectivity index (χ4v) is 2.90. The van der Waals surface area contributed by atoms with E-state index in [9.17, 15) is 0 Å². The first-order chi connectivity index (χ1) is 11.7. The summed E-state index contributed by atoms with van der Waals surface area (Å²) in [4.78, 5) is 13.1. The minimum absolute atomic E-state index is 0.228. The molecule has 0 spiro atoms. The van der Waals surface area contributed by atoms with Crippen LogP contribution in [0.5, 0.6) is 12.0 Å². The number of imidazole rings is 1. The largest absolute Gasteiger partial charge is 0.468 e. The molecule has 0 aromatic carbocycles. The number of ether oxygens (including phenoxy) is 3. The highest BCUT2D eigenvalue weighted by Crippen LogP contribution is 2.27. The van der Waals surface area contributed by atoms with Crippen LogP contribution in [0.4, 0.5) is 5.82 Å². The predicted octanol–water partition coefficient (Wildman–Crippen LogP) is 0.442. The zero-order chi connectivity index (χ0) is 16.9. The molecule has 0 radical (unpaired) electrons. The molecule has 1 aliphatic rings. The Morgan fingerprint density at radius 1 is 1.17 bits per heavy atom. The van der Waals surface area contributed by atoms with Gasteiger partial charge in [-0.15, -0.1) is 0 Å². The molecule has 1 aliphatic heterocycles. The third kappa shape index (κ3) is 3.51. The van der Waals surface area contributed by atoms with Gasteiger partial charge in [-0.05, 0) is 31.8 Å². The zero-order valence-corrected chi connectivity index (χ0v) is 14.1. The second kappa shape index (κ2) is 7.63. The molecule has 3 N–H and O–H groups in total. The summed E-state index contributed by atoms with van der Waals surface area (Å²) in [5.74, 6) is 0.835. The standard InChI is InChI=1S/C15H24N6O3/c1-22-7-8-24-14-19-12(16)11-13(20-14)21(15(18-11)23-2)9-10-3-5-17-6-4-10/h10,17H,3-9H2,1-2H3,(H2,16,19,20). The van der Waals surface area contributed by atoms with Crippen LogP contribution in [0.3, 0.4) is 0 Å². The smallest absolute Gasteiger partial charge is 0.320 e. The van der Waals surface area contributed by atoms with Crippen molar-refractivity contribution in [3.05, 3.63) is 0 Å². The summed E-state index contributed by atoms with van der Waals surface area (Å²) in [6.45, 7) is 3.67. The lowest BCUT2D eigenvalue weighted by Crippen LogP contribution is -2.30. The number of aromatic nitrogens is 4. The van der Waals surface area contributed by atoms with E-state index in [0.29, 0.717) is 36.3 Å².